The van der Waals surface area contributed by atoms with Crippen LogP contribution in [-0.2, 0) is 16.4 Å². The Morgan fingerprint density at radius 2 is 1.75 bits per heavy atom. The summed E-state index contributed by atoms with van der Waals surface area (Å²) in [6.45, 7) is 3.84. The molecule has 2 aromatic carbocycles. The maximum absolute atomic E-state index is 12.0. The first-order valence-electron chi connectivity index (χ1n) is 7.57. The predicted octanol–water partition coefficient (Wildman–Crippen LogP) is 3.27. The van der Waals surface area contributed by atoms with Gasteiger partial charge in [-0.25, -0.2) is 13.1 Å². The van der Waals surface area contributed by atoms with Crippen molar-refractivity contribution < 1.29 is 8.42 Å². The largest absolute Gasteiger partial charge is 0.332 e. The molecular formula is C17H21N3O2S2. The first-order valence-corrected chi connectivity index (χ1v) is 9.46. The molecule has 0 bridgehead atoms. The molecule has 0 saturated heterocycles. The number of hydrogen-bond acceptors (Lipinski definition) is 3. The Labute approximate surface area is 148 Å². The van der Waals surface area contributed by atoms with Crippen LogP contribution in [-0.4, -0.2) is 20.6 Å². The lowest BCUT2D eigenvalue weighted by atomic mass is 10.1. The van der Waals surface area contributed by atoms with Crippen LogP contribution in [0, 0.1) is 6.92 Å². The molecular weight excluding hydrogens is 342 g/mol. The summed E-state index contributed by atoms with van der Waals surface area (Å²) in [7, 11) is -2.12. The summed E-state index contributed by atoms with van der Waals surface area (Å²) in [5.41, 5.74) is 3.38. The highest BCUT2D eigenvalue weighted by atomic mass is 32.2. The van der Waals surface area contributed by atoms with Crippen LogP contribution < -0.4 is 15.4 Å². The Kier molecular flexibility index (Phi) is 5.93. The van der Waals surface area contributed by atoms with Crippen molar-refractivity contribution >= 4 is 38.7 Å². The zero-order chi connectivity index (χ0) is 17.7. The van der Waals surface area contributed by atoms with Crippen LogP contribution >= 0.6 is 12.2 Å². The van der Waals surface area contributed by atoms with Crippen molar-refractivity contribution in [1.82, 2.24) is 4.72 Å². The van der Waals surface area contributed by atoms with Crippen LogP contribution in [0.25, 0.3) is 0 Å². The first-order chi connectivity index (χ1) is 11.4. The molecule has 3 N–H and O–H groups in total. The molecule has 0 aromatic heterocycles. The van der Waals surface area contributed by atoms with Gasteiger partial charge in [0, 0.05) is 11.4 Å². The van der Waals surface area contributed by atoms with Gasteiger partial charge in [0.1, 0.15) is 0 Å². The van der Waals surface area contributed by atoms with Gasteiger partial charge in [-0.2, -0.15) is 0 Å². The summed E-state index contributed by atoms with van der Waals surface area (Å²) in [6, 6.07) is 13.1. The number of thiocarbonyl (C=S) groups is 1. The van der Waals surface area contributed by atoms with Gasteiger partial charge in [0.15, 0.2) is 5.11 Å². The number of rotatable bonds is 5. The van der Waals surface area contributed by atoms with E-state index in [2.05, 4.69) is 28.3 Å². The monoisotopic (exact) mass is 363 g/mol. The molecule has 2 rings (SSSR count). The molecule has 0 aliphatic carbocycles. The van der Waals surface area contributed by atoms with Crippen molar-refractivity contribution in [2.24, 2.45) is 0 Å². The molecule has 128 valence electrons. The average Bonchev–Trinajstić information content (AvgIpc) is 2.56. The van der Waals surface area contributed by atoms with Gasteiger partial charge in [0.2, 0.25) is 10.0 Å². The summed E-state index contributed by atoms with van der Waals surface area (Å²) in [6.07, 6.45) is 0.943. The Balaban J connectivity index is 2.16. The lowest BCUT2D eigenvalue weighted by Gasteiger charge is -2.13. The fourth-order valence-corrected chi connectivity index (χ4v) is 3.47. The van der Waals surface area contributed by atoms with Crippen LogP contribution in [0.2, 0.25) is 0 Å². The molecule has 2 aromatic rings. The number of hydrogen-bond donors (Lipinski definition) is 3. The minimum atomic E-state index is -3.51. The van der Waals surface area contributed by atoms with Crippen LogP contribution in [0.4, 0.5) is 11.4 Å². The zero-order valence-corrected chi connectivity index (χ0v) is 15.5. The summed E-state index contributed by atoms with van der Waals surface area (Å²) >= 11 is 5.31. The summed E-state index contributed by atoms with van der Waals surface area (Å²) in [5, 5.41) is 6.53. The highest BCUT2D eigenvalue weighted by Gasteiger charge is 2.15. The van der Waals surface area contributed by atoms with Crippen molar-refractivity contribution in [3.63, 3.8) is 0 Å². The fourth-order valence-electron chi connectivity index (χ4n) is 2.24. The lowest BCUT2D eigenvalue weighted by Crippen LogP contribution is -2.21. The highest BCUT2D eigenvalue weighted by Crippen LogP contribution is 2.20. The maximum atomic E-state index is 12.0. The molecule has 0 heterocycles. The predicted molar refractivity (Wildman–Crippen MR) is 103 cm³/mol. The van der Waals surface area contributed by atoms with Gasteiger partial charge in [-0.3, -0.25) is 0 Å². The average molecular weight is 364 g/mol. The van der Waals surface area contributed by atoms with E-state index in [0.717, 1.165) is 12.1 Å². The van der Waals surface area contributed by atoms with Crippen LogP contribution in [0.3, 0.4) is 0 Å². The molecule has 24 heavy (non-hydrogen) atoms. The van der Waals surface area contributed by atoms with Gasteiger partial charge in [-0.1, -0.05) is 25.1 Å². The molecule has 0 aliphatic heterocycles. The number of nitrogens with one attached hydrogen (secondary N) is 3. The van der Waals surface area contributed by atoms with Gasteiger partial charge in [0.25, 0.3) is 0 Å². The molecule has 7 heteroatoms. The van der Waals surface area contributed by atoms with Gasteiger partial charge in [-0.05, 0) is 68.0 Å². The summed E-state index contributed by atoms with van der Waals surface area (Å²) < 4.78 is 26.4. The first kappa shape index (κ1) is 18.4. The second-order valence-electron chi connectivity index (χ2n) is 5.32. The molecule has 0 saturated carbocycles. The van der Waals surface area contributed by atoms with E-state index >= 15 is 0 Å². The van der Waals surface area contributed by atoms with Crippen molar-refractivity contribution in [3.05, 3.63) is 53.6 Å². The fraction of sp³-hybridized carbons (Fsp3) is 0.235. The molecule has 0 amide bonds. The van der Waals surface area contributed by atoms with Gasteiger partial charge in [0.05, 0.1) is 4.90 Å². The second kappa shape index (κ2) is 7.74. The summed E-state index contributed by atoms with van der Waals surface area (Å²) in [4.78, 5) is 0.228. The standard InChI is InChI=1S/C17H21N3O2S2/c1-4-13-6-5-7-14(10-13)19-17(23)20-15-9-8-12(2)16(11-15)24(21,22)18-3/h5-11,18H,4H2,1-3H3,(H2,19,20,23). The topological polar surface area (TPSA) is 70.2 Å². The van der Waals surface area contributed by atoms with Gasteiger partial charge in [-0.15, -0.1) is 0 Å². The minimum absolute atomic E-state index is 0.228. The number of anilines is 2. The molecule has 0 fully saturated rings. The third-order valence-corrected chi connectivity index (χ3v) is 5.36. The van der Waals surface area contributed by atoms with Gasteiger partial charge < -0.3 is 10.6 Å². The number of sulfonamides is 1. The minimum Gasteiger partial charge on any atom is -0.332 e. The second-order valence-corrected chi connectivity index (χ2v) is 7.58. The molecule has 0 radical (unpaired) electrons. The third-order valence-electron chi connectivity index (χ3n) is 3.60. The van der Waals surface area contributed by atoms with Crippen molar-refractivity contribution in [2.75, 3.05) is 17.7 Å². The molecule has 0 atom stereocenters. The van der Waals surface area contributed by atoms with E-state index < -0.39 is 10.0 Å². The number of aryl methyl sites for hydroxylation is 2. The van der Waals surface area contributed by atoms with E-state index in [4.69, 9.17) is 12.2 Å². The normalized spacial score (nSPS) is 11.1. The van der Waals surface area contributed by atoms with E-state index in [0.29, 0.717) is 16.4 Å². The molecule has 0 spiro atoms. The molecule has 0 aliphatic rings. The Hall–Kier alpha value is -1.96. The zero-order valence-electron chi connectivity index (χ0n) is 13.9. The van der Waals surface area contributed by atoms with E-state index in [1.165, 1.54) is 12.6 Å². The Bertz CT molecular complexity index is 849. The highest BCUT2D eigenvalue weighted by molar-refractivity contribution is 7.89. The summed E-state index contributed by atoms with van der Waals surface area (Å²) in [5.74, 6) is 0. The smallest absolute Gasteiger partial charge is 0.240 e. The Morgan fingerprint density at radius 1 is 1.08 bits per heavy atom. The number of benzene rings is 2. The lowest BCUT2D eigenvalue weighted by molar-refractivity contribution is 0.587. The molecule has 5 nitrogen and oxygen atoms in total. The van der Waals surface area contributed by atoms with E-state index in [-0.39, 0.29) is 4.90 Å². The van der Waals surface area contributed by atoms with Crippen LogP contribution in [0.15, 0.2) is 47.4 Å². The van der Waals surface area contributed by atoms with E-state index in [9.17, 15) is 8.42 Å². The van der Waals surface area contributed by atoms with Crippen molar-refractivity contribution in [1.29, 1.82) is 0 Å². The van der Waals surface area contributed by atoms with E-state index in [1.54, 1.807) is 25.1 Å². The van der Waals surface area contributed by atoms with Crippen LogP contribution in [0.5, 0.6) is 0 Å². The SMILES string of the molecule is CCc1cccc(NC(=S)Nc2ccc(C)c(S(=O)(=O)NC)c2)c1. The van der Waals surface area contributed by atoms with Crippen molar-refractivity contribution in [2.45, 2.75) is 25.2 Å². The van der Waals surface area contributed by atoms with Crippen molar-refractivity contribution in [3.8, 4) is 0 Å². The molecule has 0 unspecified atom stereocenters. The Morgan fingerprint density at radius 3 is 2.38 bits per heavy atom. The quantitative estimate of drug-likeness (QED) is 0.711. The van der Waals surface area contributed by atoms with Gasteiger partial charge >= 0.3 is 0 Å². The van der Waals surface area contributed by atoms with Crippen LogP contribution in [0.1, 0.15) is 18.1 Å². The third kappa shape index (κ3) is 4.53. The maximum Gasteiger partial charge on any atom is 0.240 e. The van der Waals surface area contributed by atoms with E-state index in [1.807, 2.05) is 18.2 Å².